The summed E-state index contributed by atoms with van der Waals surface area (Å²) < 4.78 is 11.1. The SMILES string of the molecule is CCOc1cc(C2/C(=C(\O)c3ccc(OC)c(C(C)C)c3)C(=O)C(=O)N2c2ccc(N(C)C)cc2)ccc1O. The average molecular weight is 531 g/mol. The minimum atomic E-state index is -0.959. The number of benzene rings is 3. The van der Waals surface area contributed by atoms with Crippen molar-refractivity contribution in [1.29, 1.82) is 0 Å². The van der Waals surface area contributed by atoms with E-state index in [-0.39, 0.29) is 28.7 Å². The van der Waals surface area contributed by atoms with E-state index >= 15 is 0 Å². The first-order chi connectivity index (χ1) is 18.6. The van der Waals surface area contributed by atoms with Crippen LogP contribution >= 0.6 is 0 Å². The van der Waals surface area contributed by atoms with E-state index in [4.69, 9.17) is 9.47 Å². The molecule has 0 aromatic heterocycles. The first-order valence-corrected chi connectivity index (χ1v) is 12.8. The van der Waals surface area contributed by atoms with E-state index in [9.17, 15) is 19.8 Å². The van der Waals surface area contributed by atoms with Gasteiger partial charge in [-0.2, -0.15) is 0 Å². The predicted molar refractivity (Wildman–Crippen MR) is 152 cm³/mol. The van der Waals surface area contributed by atoms with Crippen molar-refractivity contribution in [2.24, 2.45) is 0 Å². The van der Waals surface area contributed by atoms with E-state index in [1.165, 1.54) is 11.0 Å². The van der Waals surface area contributed by atoms with E-state index in [0.29, 0.717) is 29.2 Å². The molecule has 1 unspecified atom stereocenters. The van der Waals surface area contributed by atoms with Crippen molar-refractivity contribution in [1.82, 2.24) is 0 Å². The molecular formula is C31H34N2O6. The Morgan fingerprint density at radius 3 is 2.28 bits per heavy atom. The zero-order valence-electron chi connectivity index (χ0n) is 23.1. The van der Waals surface area contributed by atoms with Crippen molar-refractivity contribution in [3.05, 3.63) is 82.9 Å². The van der Waals surface area contributed by atoms with Crippen molar-refractivity contribution in [3.63, 3.8) is 0 Å². The van der Waals surface area contributed by atoms with E-state index in [1.807, 2.05) is 45.0 Å². The molecule has 1 amide bonds. The molecule has 3 aromatic rings. The van der Waals surface area contributed by atoms with E-state index in [1.54, 1.807) is 56.5 Å². The molecule has 4 rings (SSSR count). The van der Waals surface area contributed by atoms with Gasteiger partial charge < -0.3 is 24.6 Å². The zero-order valence-corrected chi connectivity index (χ0v) is 23.1. The minimum Gasteiger partial charge on any atom is -0.507 e. The van der Waals surface area contributed by atoms with Crippen molar-refractivity contribution in [2.75, 3.05) is 37.6 Å². The Bertz CT molecular complexity index is 1430. The number of aromatic hydroxyl groups is 1. The number of aliphatic hydroxyl groups excluding tert-OH is 1. The maximum Gasteiger partial charge on any atom is 0.300 e. The molecule has 8 nitrogen and oxygen atoms in total. The first kappa shape index (κ1) is 27.6. The topological polar surface area (TPSA) is 99.5 Å². The number of amides is 1. The first-order valence-electron chi connectivity index (χ1n) is 12.8. The van der Waals surface area contributed by atoms with Crippen molar-refractivity contribution < 1.29 is 29.3 Å². The molecule has 3 aromatic carbocycles. The minimum absolute atomic E-state index is 0.0512. The second kappa shape index (κ2) is 11.1. The van der Waals surface area contributed by atoms with Gasteiger partial charge in [-0.1, -0.05) is 19.9 Å². The summed E-state index contributed by atoms with van der Waals surface area (Å²) in [7, 11) is 5.40. The number of hydrogen-bond acceptors (Lipinski definition) is 7. The van der Waals surface area contributed by atoms with Gasteiger partial charge >= 0.3 is 0 Å². The largest absolute Gasteiger partial charge is 0.507 e. The molecule has 0 saturated carbocycles. The van der Waals surface area contributed by atoms with Gasteiger partial charge in [-0.05, 0) is 78.6 Å². The van der Waals surface area contributed by atoms with Gasteiger partial charge in [-0.25, -0.2) is 0 Å². The normalized spacial score (nSPS) is 16.6. The Hall–Kier alpha value is -4.46. The molecule has 0 bridgehead atoms. The monoisotopic (exact) mass is 530 g/mol. The molecule has 2 N–H and O–H groups in total. The highest BCUT2D eigenvalue weighted by Crippen LogP contribution is 2.44. The number of hydrogen-bond donors (Lipinski definition) is 2. The van der Waals surface area contributed by atoms with Crippen LogP contribution in [0.4, 0.5) is 11.4 Å². The van der Waals surface area contributed by atoms with Gasteiger partial charge in [-0.15, -0.1) is 0 Å². The summed E-state index contributed by atoms with van der Waals surface area (Å²) in [6, 6.07) is 16.1. The van der Waals surface area contributed by atoms with Gasteiger partial charge in [0.2, 0.25) is 0 Å². The molecule has 0 aliphatic carbocycles. The second-order valence-electron chi connectivity index (χ2n) is 9.85. The number of carbonyl (C=O) groups excluding carboxylic acids is 2. The molecule has 8 heteroatoms. The molecule has 0 radical (unpaired) electrons. The van der Waals surface area contributed by atoms with Crippen LogP contribution in [0.25, 0.3) is 5.76 Å². The Kier molecular flexibility index (Phi) is 7.85. The molecule has 204 valence electrons. The number of aliphatic hydroxyl groups is 1. The Balaban J connectivity index is 1.95. The van der Waals surface area contributed by atoms with E-state index < -0.39 is 17.7 Å². The van der Waals surface area contributed by atoms with Crippen LogP contribution in [0.1, 0.15) is 49.4 Å². The number of methoxy groups -OCH3 is 1. The second-order valence-corrected chi connectivity index (χ2v) is 9.85. The Labute approximate surface area is 228 Å². The summed E-state index contributed by atoms with van der Waals surface area (Å²) in [5.41, 5.74) is 3.13. The smallest absolute Gasteiger partial charge is 0.300 e. The van der Waals surface area contributed by atoms with Crippen molar-refractivity contribution in [3.8, 4) is 17.2 Å². The number of carbonyl (C=O) groups is 2. The molecule has 1 aliphatic rings. The fraction of sp³-hybridized carbons (Fsp3) is 0.290. The predicted octanol–water partition coefficient (Wildman–Crippen LogP) is 5.62. The standard InChI is InChI=1S/C31H34N2O6/c1-7-39-26-17-19(8-14-24(26)34)28-27(29(35)20-9-15-25(38-6)23(16-20)18(2)3)30(36)31(37)33(28)22-12-10-21(11-13-22)32(4)5/h8-18,28,34-35H,7H2,1-6H3/b29-27+. The molecular weight excluding hydrogens is 496 g/mol. The lowest BCUT2D eigenvalue weighted by Crippen LogP contribution is -2.29. The maximum atomic E-state index is 13.6. The molecule has 0 spiro atoms. The summed E-state index contributed by atoms with van der Waals surface area (Å²) in [4.78, 5) is 30.4. The molecule has 1 atom stereocenters. The van der Waals surface area contributed by atoms with Gasteiger partial charge in [0.1, 0.15) is 11.5 Å². The van der Waals surface area contributed by atoms with Crippen LogP contribution in [-0.2, 0) is 9.59 Å². The molecule has 39 heavy (non-hydrogen) atoms. The third-order valence-electron chi connectivity index (χ3n) is 6.81. The van der Waals surface area contributed by atoms with Crippen LogP contribution < -0.4 is 19.3 Å². The van der Waals surface area contributed by atoms with Gasteiger partial charge in [-0.3, -0.25) is 14.5 Å². The number of ketones is 1. The van der Waals surface area contributed by atoms with Crippen molar-refractivity contribution >= 4 is 28.8 Å². The molecule has 1 saturated heterocycles. The van der Waals surface area contributed by atoms with Crippen LogP contribution in [0.2, 0.25) is 0 Å². The number of Topliss-reactive ketones (excluding diaryl/α,β-unsaturated/α-hetero) is 1. The maximum absolute atomic E-state index is 13.6. The lowest BCUT2D eigenvalue weighted by molar-refractivity contribution is -0.132. The lowest BCUT2D eigenvalue weighted by Gasteiger charge is -2.26. The molecule has 1 fully saturated rings. The summed E-state index contributed by atoms with van der Waals surface area (Å²) in [6.45, 7) is 6.11. The van der Waals surface area contributed by atoms with Crippen molar-refractivity contribution in [2.45, 2.75) is 32.7 Å². The van der Waals surface area contributed by atoms with Crippen LogP contribution in [0.15, 0.2) is 66.2 Å². The van der Waals surface area contributed by atoms with Gasteiger partial charge in [0.25, 0.3) is 11.7 Å². The number of nitrogens with zero attached hydrogens (tertiary/aromatic N) is 2. The van der Waals surface area contributed by atoms with Gasteiger partial charge in [0.15, 0.2) is 11.5 Å². The summed E-state index contributed by atoms with van der Waals surface area (Å²) in [5, 5.41) is 21.9. The number of rotatable bonds is 8. The van der Waals surface area contributed by atoms with Crippen LogP contribution in [0.3, 0.4) is 0 Å². The quantitative estimate of drug-likeness (QED) is 0.222. The van der Waals surface area contributed by atoms with Gasteiger partial charge in [0, 0.05) is 31.0 Å². The number of anilines is 2. The number of ether oxygens (including phenoxy) is 2. The highest BCUT2D eigenvalue weighted by atomic mass is 16.5. The summed E-state index contributed by atoms with van der Waals surface area (Å²) in [5.74, 6) is -0.947. The number of phenolic OH excluding ortho intramolecular Hbond substituents is 1. The Morgan fingerprint density at radius 1 is 1.00 bits per heavy atom. The summed E-state index contributed by atoms with van der Waals surface area (Å²) >= 11 is 0. The number of phenols is 1. The highest BCUT2D eigenvalue weighted by Gasteiger charge is 2.47. The van der Waals surface area contributed by atoms with Crippen LogP contribution in [0, 0.1) is 0 Å². The third-order valence-corrected chi connectivity index (χ3v) is 6.81. The molecule has 1 heterocycles. The highest BCUT2D eigenvalue weighted by molar-refractivity contribution is 6.51. The summed E-state index contributed by atoms with van der Waals surface area (Å²) in [6.07, 6.45) is 0. The average Bonchev–Trinajstić information content (AvgIpc) is 3.19. The third kappa shape index (κ3) is 5.14. The van der Waals surface area contributed by atoms with E-state index in [0.717, 1.165) is 11.3 Å². The van der Waals surface area contributed by atoms with Gasteiger partial charge in [0.05, 0.1) is 25.3 Å². The fourth-order valence-corrected chi connectivity index (χ4v) is 4.79. The van der Waals surface area contributed by atoms with Crippen LogP contribution in [0.5, 0.6) is 17.2 Å². The lowest BCUT2D eigenvalue weighted by atomic mass is 9.93. The van der Waals surface area contributed by atoms with E-state index in [2.05, 4.69) is 0 Å². The molecule has 1 aliphatic heterocycles. The zero-order chi connectivity index (χ0) is 28.4. The fourth-order valence-electron chi connectivity index (χ4n) is 4.79. The van der Waals surface area contributed by atoms with Crippen LogP contribution in [-0.4, -0.2) is 49.7 Å². The Morgan fingerprint density at radius 2 is 1.69 bits per heavy atom.